The second-order valence-electron chi connectivity index (χ2n) is 4.97. The normalized spacial score (nSPS) is 10.4. The SMILES string of the molecule is Cc1occc1C(=O)NNC(=O)c1ccc(-c2ccc(F)cc2)s1. The van der Waals surface area contributed by atoms with Crippen molar-refractivity contribution in [1.29, 1.82) is 0 Å². The molecule has 2 N–H and O–H groups in total. The molecule has 0 aliphatic carbocycles. The van der Waals surface area contributed by atoms with Gasteiger partial charge in [-0.05, 0) is 42.8 Å². The van der Waals surface area contributed by atoms with E-state index in [9.17, 15) is 14.0 Å². The van der Waals surface area contributed by atoms with Crippen molar-refractivity contribution in [2.24, 2.45) is 0 Å². The second-order valence-corrected chi connectivity index (χ2v) is 6.05. The van der Waals surface area contributed by atoms with Gasteiger partial charge in [-0.15, -0.1) is 11.3 Å². The third-order valence-electron chi connectivity index (χ3n) is 3.35. The zero-order valence-corrected chi connectivity index (χ0v) is 13.4. The molecule has 0 fully saturated rings. The zero-order valence-electron chi connectivity index (χ0n) is 12.6. The van der Waals surface area contributed by atoms with Crippen molar-refractivity contribution in [2.45, 2.75) is 6.92 Å². The quantitative estimate of drug-likeness (QED) is 0.714. The number of aryl methyl sites for hydroxylation is 1. The zero-order chi connectivity index (χ0) is 17.1. The van der Waals surface area contributed by atoms with Gasteiger partial charge in [0.1, 0.15) is 11.6 Å². The fourth-order valence-electron chi connectivity index (χ4n) is 2.09. The number of halogens is 1. The van der Waals surface area contributed by atoms with Crippen LogP contribution in [0.15, 0.2) is 53.1 Å². The molecule has 24 heavy (non-hydrogen) atoms. The molecule has 0 atom stereocenters. The van der Waals surface area contributed by atoms with E-state index >= 15 is 0 Å². The molecule has 1 aromatic carbocycles. The van der Waals surface area contributed by atoms with Crippen LogP contribution in [0.5, 0.6) is 0 Å². The maximum absolute atomic E-state index is 12.9. The second kappa shape index (κ2) is 6.67. The lowest BCUT2D eigenvalue weighted by atomic mass is 10.2. The van der Waals surface area contributed by atoms with Crippen molar-refractivity contribution in [3.8, 4) is 10.4 Å². The Balaban J connectivity index is 1.65. The smallest absolute Gasteiger partial charge is 0.279 e. The van der Waals surface area contributed by atoms with Crippen LogP contribution < -0.4 is 10.9 Å². The van der Waals surface area contributed by atoms with E-state index in [1.54, 1.807) is 31.2 Å². The minimum Gasteiger partial charge on any atom is -0.469 e. The van der Waals surface area contributed by atoms with E-state index in [-0.39, 0.29) is 5.82 Å². The van der Waals surface area contributed by atoms with Gasteiger partial charge in [-0.3, -0.25) is 20.4 Å². The van der Waals surface area contributed by atoms with Crippen molar-refractivity contribution in [1.82, 2.24) is 10.9 Å². The Kier molecular flexibility index (Phi) is 4.43. The van der Waals surface area contributed by atoms with E-state index in [0.717, 1.165) is 10.4 Å². The maximum Gasteiger partial charge on any atom is 0.279 e. The third-order valence-corrected chi connectivity index (χ3v) is 4.48. The predicted molar refractivity (Wildman–Crippen MR) is 88.1 cm³/mol. The molecule has 0 bridgehead atoms. The van der Waals surface area contributed by atoms with Crippen LogP contribution in [0.1, 0.15) is 25.8 Å². The number of carbonyl (C=O) groups excluding carboxylic acids is 2. The van der Waals surface area contributed by atoms with E-state index in [1.165, 1.54) is 35.8 Å². The van der Waals surface area contributed by atoms with Gasteiger partial charge in [0.15, 0.2) is 0 Å². The molecule has 0 aliphatic heterocycles. The van der Waals surface area contributed by atoms with Gasteiger partial charge in [-0.25, -0.2) is 4.39 Å². The summed E-state index contributed by atoms with van der Waals surface area (Å²) in [6, 6.07) is 11.0. The summed E-state index contributed by atoms with van der Waals surface area (Å²) in [6.45, 7) is 1.66. The van der Waals surface area contributed by atoms with Crippen LogP contribution in [0.25, 0.3) is 10.4 Å². The van der Waals surface area contributed by atoms with Crippen LogP contribution in [-0.2, 0) is 0 Å². The molecular weight excluding hydrogens is 331 g/mol. The van der Waals surface area contributed by atoms with Crippen molar-refractivity contribution < 1.29 is 18.4 Å². The molecule has 2 heterocycles. The first kappa shape index (κ1) is 15.9. The largest absolute Gasteiger partial charge is 0.469 e. The number of hydrogen-bond donors (Lipinski definition) is 2. The molecule has 122 valence electrons. The highest BCUT2D eigenvalue weighted by molar-refractivity contribution is 7.17. The summed E-state index contributed by atoms with van der Waals surface area (Å²) in [7, 11) is 0. The molecule has 2 amide bonds. The summed E-state index contributed by atoms with van der Waals surface area (Å²) >= 11 is 1.25. The molecule has 0 unspecified atom stereocenters. The maximum atomic E-state index is 12.9. The molecule has 0 spiro atoms. The monoisotopic (exact) mass is 344 g/mol. The number of rotatable bonds is 3. The lowest BCUT2D eigenvalue weighted by Crippen LogP contribution is -2.41. The number of furan rings is 1. The summed E-state index contributed by atoms with van der Waals surface area (Å²) in [5.74, 6) is -0.727. The first-order valence-corrected chi connectivity index (χ1v) is 7.87. The highest BCUT2D eigenvalue weighted by atomic mass is 32.1. The molecule has 3 rings (SSSR count). The first-order chi connectivity index (χ1) is 11.5. The number of amides is 2. The fourth-order valence-corrected chi connectivity index (χ4v) is 3.00. The van der Waals surface area contributed by atoms with E-state index in [0.29, 0.717) is 16.2 Å². The Morgan fingerprint density at radius 1 is 1.00 bits per heavy atom. The number of thiophene rings is 1. The minimum atomic E-state index is -0.454. The Hall–Kier alpha value is -2.93. The van der Waals surface area contributed by atoms with Gasteiger partial charge in [-0.2, -0.15) is 0 Å². The molecule has 0 radical (unpaired) electrons. The molecule has 2 aromatic heterocycles. The summed E-state index contributed by atoms with van der Waals surface area (Å²) in [4.78, 5) is 25.3. The molecule has 7 heteroatoms. The van der Waals surface area contributed by atoms with Crippen LogP contribution in [-0.4, -0.2) is 11.8 Å². The number of hydrogen-bond acceptors (Lipinski definition) is 4. The molecular formula is C17H13FN2O3S. The lowest BCUT2D eigenvalue weighted by Gasteiger charge is -2.05. The Labute approximate surface area is 141 Å². The molecule has 0 aliphatic rings. The van der Waals surface area contributed by atoms with Gasteiger partial charge < -0.3 is 4.42 Å². The predicted octanol–water partition coefficient (Wildman–Crippen LogP) is 3.53. The Bertz CT molecular complexity index is 883. The van der Waals surface area contributed by atoms with Crippen LogP contribution in [0.2, 0.25) is 0 Å². The summed E-state index contributed by atoms with van der Waals surface area (Å²) in [6.07, 6.45) is 1.40. The average Bonchev–Trinajstić information content (AvgIpc) is 3.22. The van der Waals surface area contributed by atoms with Gasteiger partial charge in [0, 0.05) is 4.88 Å². The van der Waals surface area contributed by atoms with Crippen LogP contribution >= 0.6 is 11.3 Å². The van der Waals surface area contributed by atoms with Crippen molar-refractivity contribution in [2.75, 3.05) is 0 Å². The summed E-state index contributed by atoms with van der Waals surface area (Å²) in [5.41, 5.74) is 5.87. The Morgan fingerprint density at radius 3 is 2.38 bits per heavy atom. The average molecular weight is 344 g/mol. The highest BCUT2D eigenvalue weighted by Gasteiger charge is 2.14. The molecule has 5 nitrogen and oxygen atoms in total. The van der Waals surface area contributed by atoms with E-state index in [4.69, 9.17) is 4.42 Å². The topological polar surface area (TPSA) is 71.3 Å². The van der Waals surface area contributed by atoms with Crippen molar-refractivity contribution in [3.63, 3.8) is 0 Å². The van der Waals surface area contributed by atoms with E-state index < -0.39 is 11.8 Å². The van der Waals surface area contributed by atoms with Crippen LogP contribution in [0.4, 0.5) is 4.39 Å². The summed E-state index contributed by atoms with van der Waals surface area (Å²) < 4.78 is 18.0. The van der Waals surface area contributed by atoms with Gasteiger partial charge >= 0.3 is 0 Å². The molecule has 0 saturated heterocycles. The van der Waals surface area contributed by atoms with E-state index in [1.807, 2.05) is 0 Å². The number of carbonyl (C=O) groups is 2. The third kappa shape index (κ3) is 3.36. The minimum absolute atomic E-state index is 0.314. The summed E-state index contributed by atoms with van der Waals surface area (Å²) in [5, 5.41) is 0. The van der Waals surface area contributed by atoms with Crippen molar-refractivity contribution in [3.05, 3.63) is 70.7 Å². The number of benzene rings is 1. The standard InChI is InChI=1S/C17H13FN2O3S/c1-10-13(8-9-23-10)16(21)19-20-17(22)15-7-6-14(24-15)11-2-4-12(18)5-3-11/h2-9H,1H3,(H,19,21)(H,20,22). The Morgan fingerprint density at radius 2 is 1.71 bits per heavy atom. The molecule has 3 aromatic rings. The highest BCUT2D eigenvalue weighted by Crippen LogP contribution is 2.28. The number of nitrogens with one attached hydrogen (secondary N) is 2. The number of hydrazine groups is 1. The first-order valence-electron chi connectivity index (χ1n) is 7.05. The van der Waals surface area contributed by atoms with Gasteiger partial charge in [0.2, 0.25) is 0 Å². The van der Waals surface area contributed by atoms with Crippen LogP contribution in [0.3, 0.4) is 0 Å². The fraction of sp³-hybridized carbons (Fsp3) is 0.0588. The molecule has 0 saturated carbocycles. The van der Waals surface area contributed by atoms with Gasteiger partial charge in [0.05, 0.1) is 16.7 Å². The van der Waals surface area contributed by atoms with Gasteiger partial charge in [0.25, 0.3) is 11.8 Å². The van der Waals surface area contributed by atoms with Gasteiger partial charge in [-0.1, -0.05) is 12.1 Å². The van der Waals surface area contributed by atoms with Crippen LogP contribution in [0, 0.1) is 12.7 Å². The lowest BCUT2D eigenvalue weighted by molar-refractivity contribution is 0.0848. The van der Waals surface area contributed by atoms with E-state index in [2.05, 4.69) is 10.9 Å². The van der Waals surface area contributed by atoms with Crippen molar-refractivity contribution >= 4 is 23.2 Å².